The first-order chi connectivity index (χ1) is 10.3. The van der Waals surface area contributed by atoms with Crippen LogP contribution in [0.4, 0.5) is 0 Å². The quantitative estimate of drug-likeness (QED) is 0.808. The van der Waals surface area contributed by atoms with E-state index in [1.165, 1.54) is 5.56 Å². The molecule has 2 fully saturated rings. The van der Waals surface area contributed by atoms with E-state index in [1.54, 1.807) is 7.11 Å². The number of hydrogen-bond donors (Lipinski definition) is 0. The van der Waals surface area contributed by atoms with Crippen LogP contribution in [0.3, 0.4) is 0 Å². The summed E-state index contributed by atoms with van der Waals surface area (Å²) in [5.74, 6) is 2.97. The van der Waals surface area contributed by atoms with E-state index in [-0.39, 0.29) is 5.92 Å². The van der Waals surface area contributed by atoms with Crippen LogP contribution in [0.25, 0.3) is 11.0 Å². The molecule has 21 heavy (non-hydrogen) atoms. The normalized spacial score (nSPS) is 29.9. The Kier molecular flexibility index (Phi) is 2.12. The summed E-state index contributed by atoms with van der Waals surface area (Å²) in [6, 6.07) is 6.38. The molecule has 2 aromatic rings. The number of ether oxygens (including phenoxy) is 1. The van der Waals surface area contributed by atoms with E-state index in [0.29, 0.717) is 17.9 Å². The average molecular weight is 283 g/mol. The Morgan fingerprint density at radius 1 is 1.33 bits per heavy atom. The summed E-state index contributed by atoms with van der Waals surface area (Å²) in [4.78, 5) is 14.3. The smallest absolute Gasteiger partial charge is 0.226 e. The van der Waals surface area contributed by atoms with Gasteiger partial charge in [0.15, 0.2) is 0 Å². The van der Waals surface area contributed by atoms with Gasteiger partial charge < -0.3 is 14.1 Å². The molecule has 108 valence electrons. The highest BCUT2D eigenvalue weighted by Crippen LogP contribution is 2.51. The van der Waals surface area contributed by atoms with Gasteiger partial charge >= 0.3 is 0 Å². The molecular weight excluding hydrogens is 266 g/mol. The Bertz CT molecular complexity index is 763. The second-order valence-electron chi connectivity index (χ2n) is 6.43. The Morgan fingerprint density at radius 3 is 3.05 bits per heavy atom. The zero-order valence-corrected chi connectivity index (χ0v) is 12.0. The van der Waals surface area contributed by atoms with Crippen LogP contribution in [0.1, 0.15) is 30.1 Å². The molecule has 0 N–H and O–H groups in total. The van der Waals surface area contributed by atoms with Gasteiger partial charge in [-0.3, -0.25) is 4.79 Å². The van der Waals surface area contributed by atoms with Crippen LogP contribution in [-0.2, 0) is 11.2 Å². The third kappa shape index (κ3) is 1.38. The maximum Gasteiger partial charge on any atom is 0.226 e. The number of fused-ring (bicyclic) bond motifs is 5. The van der Waals surface area contributed by atoms with Gasteiger partial charge in [-0.2, -0.15) is 0 Å². The largest absolute Gasteiger partial charge is 0.497 e. The average Bonchev–Trinajstić information content (AvgIpc) is 3.14. The first kappa shape index (κ1) is 11.7. The van der Waals surface area contributed by atoms with E-state index in [2.05, 4.69) is 11.0 Å². The minimum Gasteiger partial charge on any atom is -0.497 e. The molecule has 1 aliphatic carbocycles. The zero-order valence-electron chi connectivity index (χ0n) is 12.0. The van der Waals surface area contributed by atoms with Crippen molar-refractivity contribution in [3.63, 3.8) is 0 Å². The standard InChI is InChI=1S/C17H17NO3/c1-20-10-2-3-15-12(8-10)11-4-5-18-14-7-9(17(18)19)6-13(14)16(11)21-15/h2-3,8-9,13-14H,4-7H2,1H3/t9-,13+,14-/m0/s1. The Hall–Kier alpha value is -1.97. The summed E-state index contributed by atoms with van der Waals surface area (Å²) in [6.45, 7) is 0.829. The highest BCUT2D eigenvalue weighted by atomic mass is 16.5. The fourth-order valence-corrected chi connectivity index (χ4v) is 4.58. The second-order valence-corrected chi connectivity index (χ2v) is 6.43. The van der Waals surface area contributed by atoms with E-state index in [0.717, 1.165) is 48.3 Å². The highest BCUT2D eigenvalue weighted by Gasteiger charge is 2.53. The molecule has 4 nitrogen and oxygen atoms in total. The molecule has 0 unspecified atom stereocenters. The van der Waals surface area contributed by atoms with Crippen molar-refractivity contribution in [2.75, 3.05) is 13.7 Å². The number of carbonyl (C=O) groups excluding carboxylic acids is 1. The Labute approximate surface area is 122 Å². The number of piperidine rings is 1. The summed E-state index contributed by atoms with van der Waals surface area (Å²) in [6.07, 6.45) is 2.87. The molecule has 3 atom stereocenters. The number of nitrogens with zero attached hydrogens (tertiary/aromatic N) is 1. The summed E-state index contributed by atoms with van der Waals surface area (Å²) in [7, 11) is 1.69. The lowest BCUT2D eigenvalue weighted by Gasteiger charge is -2.29. The molecule has 1 aromatic carbocycles. The Morgan fingerprint density at radius 2 is 2.24 bits per heavy atom. The molecule has 1 aromatic heterocycles. The van der Waals surface area contributed by atoms with Crippen molar-refractivity contribution in [2.24, 2.45) is 5.92 Å². The van der Waals surface area contributed by atoms with E-state index < -0.39 is 0 Å². The second kappa shape index (κ2) is 3.81. The van der Waals surface area contributed by atoms with E-state index in [4.69, 9.17) is 9.15 Å². The van der Waals surface area contributed by atoms with Gasteiger partial charge in [0, 0.05) is 35.4 Å². The van der Waals surface area contributed by atoms with Crippen molar-refractivity contribution in [2.45, 2.75) is 31.2 Å². The van der Waals surface area contributed by atoms with Crippen LogP contribution >= 0.6 is 0 Å². The van der Waals surface area contributed by atoms with Crippen LogP contribution in [0.5, 0.6) is 5.75 Å². The Balaban J connectivity index is 1.70. The van der Waals surface area contributed by atoms with Crippen molar-refractivity contribution >= 4 is 16.9 Å². The van der Waals surface area contributed by atoms with Gasteiger partial charge in [0.2, 0.25) is 5.91 Å². The number of hydrogen-bond acceptors (Lipinski definition) is 3. The van der Waals surface area contributed by atoms with Gasteiger partial charge in [-0.05, 0) is 37.5 Å². The first-order valence-corrected chi connectivity index (χ1v) is 7.66. The molecular formula is C17H17NO3. The number of carbonyl (C=O) groups is 1. The SMILES string of the molecule is COc1ccc2oc3c(c2c1)CCN1C(=O)[C@H]2C[C@@H]3[C@@H]1C2. The van der Waals surface area contributed by atoms with Crippen LogP contribution in [0.15, 0.2) is 22.6 Å². The molecule has 4 heteroatoms. The fourth-order valence-electron chi connectivity index (χ4n) is 4.58. The molecule has 1 saturated heterocycles. The van der Waals surface area contributed by atoms with Crippen LogP contribution < -0.4 is 4.74 Å². The third-order valence-electron chi connectivity index (χ3n) is 5.53. The third-order valence-corrected chi connectivity index (χ3v) is 5.53. The fraction of sp³-hybridized carbons (Fsp3) is 0.471. The van der Waals surface area contributed by atoms with Crippen molar-refractivity contribution < 1.29 is 13.9 Å². The van der Waals surface area contributed by atoms with Gasteiger partial charge in [-0.15, -0.1) is 0 Å². The predicted octanol–water partition coefficient (Wildman–Crippen LogP) is 2.70. The van der Waals surface area contributed by atoms with E-state index in [9.17, 15) is 4.79 Å². The van der Waals surface area contributed by atoms with Crippen LogP contribution in [0, 0.1) is 5.92 Å². The summed E-state index contributed by atoms with van der Waals surface area (Å²) in [5, 5.41) is 1.16. The lowest BCUT2D eigenvalue weighted by atomic mass is 9.94. The lowest BCUT2D eigenvalue weighted by Crippen LogP contribution is -2.40. The molecule has 3 aliphatic rings. The van der Waals surface area contributed by atoms with Gasteiger partial charge in [-0.1, -0.05) is 0 Å². The van der Waals surface area contributed by atoms with Crippen molar-refractivity contribution in [1.29, 1.82) is 0 Å². The number of methoxy groups -OCH3 is 1. The number of rotatable bonds is 1. The van der Waals surface area contributed by atoms with Gasteiger partial charge in [-0.25, -0.2) is 0 Å². The maximum atomic E-state index is 12.2. The zero-order chi connectivity index (χ0) is 14.1. The summed E-state index contributed by atoms with van der Waals surface area (Å²) < 4.78 is 11.5. The molecule has 0 radical (unpaired) electrons. The molecule has 1 saturated carbocycles. The van der Waals surface area contributed by atoms with Crippen LogP contribution in [-0.4, -0.2) is 30.5 Å². The number of benzene rings is 1. The predicted molar refractivity (Wildman–Crippen MR) is 77.4 cm³/mol. The summed E-state index contributed by atoms with van der Waals surface area (Å²) in [5.41, 5.74) is 2.24. The maximum absolute atomic E-state index is 12.2. The van der Waals surface area contributed by atoms with Gasteiger partial charge in [0.1, 0.15) is 17.1 Å². The molecule has 1 amide bonds. The monoisotopic (exact) mass is 283 g/mol. The molecule has 2 aliphatic heterocycles. The van der Waals surface area contributed by atoms with Crippen molar-refractivity contribution in [1.82, 2.24) is 4.90 Å². The minimum absolute atomic E-state index is 0.230. The van der Waals surface area contributed by atoms with Crippen molar-refractivity contribution in [3.8, 4) is 5.75 Å². The molecule has 5 rings (SSSR count). The summed E-state index contributed by atoms with van der Waals surface area (Å²) >= 11 is 0. The van der Waals surface area contributed by atoms with Crippen molar-refractivity contribution in [3.05, 3.63) is 29.5 Å². The van der Waals surface area contributed by atoms with E-state index >= 15 is 0 Å². The highest BCUT2D eigenvalue weighted by molar-refractivity contribution is 5.87. The van der Waals surface area contributed by atoms with Gasteiger partial charge in [0.05, 0.1) is 7.11 Å². The van der Waals surface area contributed by atoms with Gasteiger partial charge in [0.25, 0.3) is 0 Å². The number of furan rings is 1. The number of amides is 1. The topological polar surface area (TPSA) is 42.7 Å². The molecule has 2 bridgehead atoms. The molecule has 3 heterocycles. The molecule has 0 spiro atoms. The van der Waals surface area contributed by atoms with Crippen LogP contribution in [0.2, 0.25) is 0 Å². The van der Waals surface area contributed by atoms with E-state index in [1.807, 2.05) is 12.1 Å². The minimum atomic E-state index is 0.230. The first-order valence-electron chi connectivity index (χ1n) is 7.66. The lowest BCUT2D eigenvalue weighted by molar-refractivity contribution is -0.134.